The predicted octanol–water partition coefficient (Wildman–Crippen LogP) is 2.13. The van der Waals surface area contributed by atoms with Crippen LogP contribution in [0.3, 0.4) is 0 Å². The number of hydrogen-bond donors (Lipinski definition) is 3. The average molecular weight is 288 g/mol. The Labute approximate surface area is 115 Å². The van der Waals surface area contributed by atoms with E-state index < -0.39 is 23.8 Å². The van der Waals surface area contributed by atoms with Gasteiger partial charge in [0.15, 0.2) is 5.82 Å². The number of carbonyl (C=O) groups is 2. The zero-order valence-electron chi connectivity index (χ0n) is 10.6. The fraction of sp³-hybridized carbons (Fsp3) is 0.333. The van der Waals surface area contributed by atoms with E-state index in [-0.39, 0.29) is 10.7 Å². The quantitative estimate of drug-likeness (QED) is 0.794. The first-order valence-electron chi connectivity index (χ1n) is 5.75. The highest BCUT2D eigenvalue weighted by Gasteiger charge is 2.17. The third kappa shape index (κ3) is 4.40. The van der Waals surface area contributed by atoms with Gasteiger partial charge in [-0.05, 0) is 26.0 Å². The predicted molar refractivity (Wildman–Crippen MR) is 71.7 cm³/mol. The number of rotatable bonds is 4. The summed E-state index contributed by atoms with van der Waals surface area (Å²) < 4.78 is 13.6. The lowest BCUT2D eigenvalue weighted by molar-refractivity contribution is -0.120. The molecule has 0 saturated heterocycles. The third-order valence-electron chi connectivity index (χ3n) is 2.29. The molecule has 0 fully saturated rings. The van der Waals surface area contributed by atoms with E-state index in [1.807, 2.05) is 0 Å². The van der Waals surface area contributed by atoms with E-state index in [0.29, 0.717) is 6.54 Å². The fourth-order valence-electron chi connectivity index (χ4n) is 1.34. The van der Waals surface area contributed by atoms with E-state index in [1.54, 1.807) is 13.0 Å². The van der Waals surface area contributed by atoms with Crippen LogP contribution < -0.4 is 16.0 Å². The van der Waals surface area contributed by atoms with Crippen molar-refractivity contribution in [3.05, 3.63) is 29.0 Å². The van der Waals surface area contributed by atoms with E-state index in [0.717, 1.165) is 0 Å². The van der Waals surface area contributed by atoms with Gasteiger partial charge in [-0.25, -0.2) is 9.18 Å². The molecule has 1 aromatic carbocycles. The number of amides is 3. The number of hydrogen-bond acceptors (Lipinski definition) is 3. The van der Waals surface area contributed by atoms with Crippen molar-refractivity contribution in [2.24, 2.45) is 0 Å². The van der Waals surface area contributed by atoms with Crippen molar-refractivity contribution in [2.75, 3.05) is 11.9 Å². The molecule has 0 aliphatic heterocycles. The van der Waals surface area contributed by atoms with Crippen molar-refractivity contribution in [1.82, 2.24) is 10.6 Å². The van der Waals surface area contributed by atoms with Crippen molar-refractivity contribution in [3.8, 4) is 0 Å². The van der Waals surface area contributed by atoms with Gasteiger partial charge in [-0.15, -0.1) is 0 Å². The van der Waals surface area contributed by atoms with Gasteiger partial charge in [0.05, 0.1) is 10.7 Å². The monoisotopic (exact) mass is 287 g/mol. The molecule has 3 amide bonds. The second-order valence-corrected chi connectivity index (χ2v) is 4.22. The molecule has 0 spiro atoms. The van der Waals surface area contributed by atoms with Crippen LogP contribution in [0.15, 0.2) is 18.2 Å². The summed E-state index contributed by atoms with van der Waals surface area (Å²) in [4.78, 5) is 22.8. The molecule has 19 heavy (non-hydrogen) atoms. The fourth-order valence-corrected chi connectivity index (χ4v) is 1.51. The topological polar surface area (TPSA) is 70.2 Å². The van der Waals surface area contributed by atoms with Crippen LogP contribution in [-0.4, -0.2) is 24.5 Å². The Kier molecular flexibility index (Phi) is 5.57. The third-order valence-corrected chi connectivity index (χ3v) is 2.58. The van der Waals surface area contributed by atoms with Crippen molar-refractivity contribution in [3.63, 3.8) is 0 Å². The van der Waals surface area contributed by atoms with Crippen LogP contribution in [0.5, 0.6) is 0 Å². The van der Waals surface area contributed by atoms with E-state index in [1.165, 1.54) is 19.1 Å². The molecule has 1 aromatic rings. The molecule has 104 valence electrons. The van der Waals surface area contributed by atoms with Crippen molar-refractivity contribution in [1.29, 1.82) is 0 Å². The highest BCUT2D eigenvalue weighted by Crippen LogP contribution is 2.22. The van der Waals surface area contributed by atoms with Crippen molar-refractivity contribution in [2.45, 2.75) is 19.9 Å². The number of imide groups is 1. The zero-order chi connectivity index (χ0) is 14.4. The molecule has 0 aliphatic rings. The first kappa shape index (κ1) is 15.2. The van der Waals surface area contributed by atoms with Gasteiger partial charge in [0.1, 0.15) is 6.04 Å². The molecule has 0 bridgehead atoms. The summed E-state index contributed by atoms with van der Waals surface area (Å²) in [6.07, 6.45) is 0. The van der Waals surface area contributed by atoms with E-state index in [2.05, 4.69) is 16.0 Å². The largest absolute Gasteiger partial charge is 0.371 e. The van der Waals surface area contributed by atoms with E-state index >= 15 is 0 Å². The Bertz CT molecular complexity index is 482. The summed E-state index contributed by atoms with van der Waals surface area (Å²) in [5, 5.41) is 7.16. The number of nitrogens with one attached hydrogen (secondary N) is 3. The molecule has 3 N–H and O–H groups in total. The van der Waals surface area contributed by atoms with Crippen molar-refractivity contribution >= 4 is 29.2 Å². The number of halogens is 2. The van der Waals surface area contributed by atoms with Crippen LogP contribution in [0, 0.1) is 5.82 Å². The molecule has 0 aromatic heterocycles. The van der Waals surface area contributed by atoms with E-state index in [9.17, 15) is 14.0 Å². The molecule has 5 nitrogen and oxygen atoms in total. The molecule has 0 radical (unpaired) electrons. The van der Waals surface area contributed by atoms with Gasteiger partial charge >= 0.3 is 6.03 Å². The highest BCUT2D eigenvalue weighted by molar-refractivity contribution is 6.31. The lowest BCUT2D eigenvalue weighted by atomic mass is 10.2. The van der Waals surface area contributed by atoms with Gasteiger partial charge in [0.25, 0.3) is 0 Å². The molecular weight excluding hydrogens is 273 g/mol. The van der Waals surface area contributed by atoms with Crippen LogP contribution >= 0.6 is 11.6 Å². The van der Waals surface area contributed by atoms with Crippen LogP contribution in [0.1, 0.15) is 13.8 Å². The normalized spacial score (nSPS) is 11.6. The van der Waals surface area contributed by atoms with Crippen LogP contribution in [0.25, 0.3) is 0 Å². The first-order chi connectivity index (χ1) is 8.95. The lowest BCUT2D eigenvalue weighted by Gasteiger charge is -2.15. The molecule has 1 unspecified atom stereocenters. The summed E-state index contributed by atoms with van der Waals surface area (Å²) in [6.45, 7) is 3.64. The minimum absolute atomic E-state index is 0.0404. The number of anilines is 1. The zero-order valence-corrected chi connectivity index (χ0v) is 11.3. The van der Waals surface area contributed by atoms with E-state index in [4.69, 9.17) is 11.6 Å². The van der Waals surface area contributed by atoms with Gasteiger partial charge in [-0.1, -0.05) is 17.7 Å². The molecule has 1 rings (SSSR count). The van der Waals surface area contributed by atoms with Gasteiger partial charge in [0.2, 0.25) is 5.91 Å². The Balaban J connectivity index is 2.64. The Morgan fingerprint density at radius 3 is 2.74 bits per heavy atom. The number of benzene rings is 1. The summed E-state index contributed by atoms with van der Waals surface area (Å²) in [5.41, 5.74) is 0.103. The summed E-state index contributed by atoms with van der Waals surface area (Å²) in [6, 6.07) is 3.05. The van der Waals surface area contributed by atoms with Crippen LogP contribution in [0.2, 0.25) is 5.02 Å². The summed E-state index contributed by atoms with van der Waals surface area (Å²) in [5.74, 6) is -1.20. The minimum atomic E-state index is -0.782. The van der Waals surface area contributed by atoms with Gasteiger partial charge < -0.3 is 10.6 Å². The number of carbonyl (C=O) groups excluding carboxylic acids is 2. The molecule has 1 atom stereocenters. The maximum Gasteiger partial charge on any atom is 0.321 e. The minimum Gasteiger partial charge on any atom is -0.371 e. The highest BCUT2D eigenvalue weighted by atomic mass is 35.5. The van der Waals surface area contributed by atoms with Gasteiger partial charge in [0, 0.05) is 6.54 Å². The molecule has 0 heterocycles. The Morgan fingerprint density at radius 1 is 1.42 bits per heavy atom. The van der Waals surface area contributed by atoms with Crippen molar-refractivity contribution < 1.29 is 14.0 Å². The standard InChI is InChI=1S/C12H15ClFN3O2/c1-3-15-12(19)17-11(18)7(2)16-9-6-4-5-8(13)10(9)14/h4-7,16H,3H2,1-2H3,(H2,15,17,18,19). The molecular formula is C12H15ClFN3O2. The summed E-state index contributed by atoms with van der Waals surface area (Å²) in [7, 11) is 0. The van der Waals surface area contributed by atoms with Crippen LogP contribution in [0.4, 0.5) is 14.9 Å². The SMILES string of the molecule is CCNC(=O)NC(=O)C(C)Nc1cccc(Cl)c1F. The second kappa shape index (κ2) is 6.94. The lowest BCUT2D eigenvalue weighted by Crippen LogP contribution is -2.45. The number of urea groups is 1. The maximum absolute atomic E-state index is 13.6. The Morgan fingerprint density at radius 2 is 2.11 bits per heavy atom. The van der Waals surface area contributed by atoms with Crippen LogP contribution in [-0.2, 0) is 4.79 Å². The second-order valence-electron chi connectivity index (χ2n) is 3.82. The maximum atomic E-state index is 13.6. The van der Waals surface area contributed by atoms with Gasteiger partial charge in [-0.3, -0.25) is 10.1 Å². The molecule has 0 saturated carbocycles. The summed E-state index contributed by atoms with van der Waals surface area (Å²) >= 11 is 5.62. The Hall–Kier alpha value is -1.82. The smallest absolute Gasteiger partial charge is 0.321 e. The average Bonchev–Trinajstić information content (AvgIpc) is 2.35. The molecule has 0 aliphatic carbocycles. The molecule has 7 heteroatoms. The first-order valence-corrected chi connectivity index (χ1v) is 6.12. The van der Waals surface area contributed by atoms with Gasteiger partial charge in [-0.2, -0.15) is 0 Å².